The highest BCUT2D eigenvalue weighted by Gasteiger charge is 2.33. The van der Waals surface area contributed by atoms with Crippen LogP contribution >= 0.6 is 0 Å². The number of nitrogens with zero attached hydrogens (tertiary/aromatic N) is 2. The Labute approximate surface area is 170 Å². The molecule has 156 valence electrons. The lowest BCUT2D eigenvalue weighted by Crippen LogP contribution is -2.50. The largest absolute Gasteiger partial charge is 0.351 e. The van der Waals surface area contributed by atoms with Crippen LogP contribution < -0.4 is 11.1 Å². The molecule has 2 aromatic rings. The highest BCUT2D eigenvalue weighted by Crippen LogP contribution is 2.23. The number of piperazine rings is 1. The Kier molecular flexibility index (Phi) is 5.94. The summed E-state index contributed by atoms with van der Waals surface area (Å²) in [7, 11) is -7.45. The Bertz CT molecular complexity index is 1090. The Balaban J connectivity index is 1.71. The molecule has 1 aliphatic rings. The zero-order valence-corrected chi connectivity index (χ0v) is 17.4. The summed E-state index contributed by atoms with van der Waals surface area (Å²) in [6.07, 6.45) is 0. The van der Waals surface area contributed by atoms with Gasteiger partial charge in [-0.15, -0.1) is 0 Å². The normalized spacial score (nSPS) is 16.4. The molecule has 9 nitrogen and oxygen atoms in total. The smallest absolute Gasteiger partial charge is 0.316 e. The van der Waals surface area contributed by atoms with Crippen LogP contribution in [-0.2, 0) is 20.0 Å². The number of carbonyl (C=O) groups is 1. The molecule has 0 bridgehead atoms. The van der Waals surface area contributed by atoms with Crippen molar-refractivity contribution < 1.29 is 21.6 Å². The van der Waals surface area contributed by atoms with Gasteiger partial charge in [0.2, 0.25) is 20.0 Å². The molecule has 29 heavy (non-hydrogen) atoms. The average Bonchev–Trinajstić information content (AvgIpc) is 2.68. The molecule has 0 aromatic heterocycles. The number of benzene rings is 2. The SMILES string of the molecule is Cc1ccc(S(=O)(=O)N2CCN(S(=O)(=O)c3ccc(NC(N)=O)cc3)CC2)cc1. The van der Waals surface area contributed by atoms with Gasteiger partial charge in [0, 0.05) is 31.9 Å². The summed E-state index contributed by atoms with van der Waals surface area (Å²) in [5.41, 5.74) is 6.37. The van der Waals surface area contributed by atoms with Gasteiger partial charge in [-0.05, 0) is 43.3 Å². The van der Waals surface area contributed by atoms with Gasteiger partial charge in [0.25, 0.3) is 0 Å². The molecule has 0 aliphatic carbocycles. The standard InChI is InChI=1S/C18H22N4O5S2/c1-14-2-6-16(7-3-14)28(24,25)21-10-12-22(13-11-21)29(26,27)17-8-4-15(5-9-17)20-18(19)23/h2-9H,10-13H2,1H3,(H3,19,20,23). The summed E-state index contributed by atoms with van der Waals surface area (Å²) in [6.45, 7) is 2.10. The Hall–Kier alpha value is -2.47. The topological polar surface area (TPSA) is 130 Å². The third-order valence-corrected chi connectivity index (χ3v) is 8.44. The highest BCUT2D eigenvalue weighted by molar-refractivity contribution is 7.89. The average molecular weight is 439 g/mol. The van der Waals surface area contributed by atoms with Gasteiger partial charge in [-0.1, -0.05) is 17.7 Å². The fourth-order valence-electron chi connectivity index (χ4n) is 3.01. The van der Waals surface area contributed by atoms with E-state index in [0.29, 0.717) is 5.69 Å². The molecule has 0 saturated carbocycles. The first-order valence-corrected chi connectivity index (χ1v) is 11.7. The van der Waals surface area contributed by atoms with Gasteiger partial charge in [0.05, 0.1) is 9.79 Å². The van der Waals surface area contributed by atoms with Crippen LogP contribution in [0.3, 0.4) is 0 Å². The van der Waals surface area contributed by atoms with Gasteiger partial charge in [-0.2, -0.15) is 8.61 Å². The Morgan fingerprint density at radius 1 is 0.793 bits per heavy atom. The molecule has 1 heterocycles. The van der Waals surface area contributed by atoms with Crippen molar-refractivity contribution in [3.8, 4) is 0 Å². The molecule has 0 atom stereocenters. The monoisotopic (exact) mass is 438 g/mol. The van der Waals surface area contributed by atoms with E-state index in [-0.39, 0.29) is 36.0 Å². The van der Waals surface area contributed by atoms with E-state index in [4.69, 9.17) is 5.73 Å². The van der Waals surface area contributed by atoms with Crippen LogP contribution in [-0.4, -0.2) is 57.7 Å². The quantitative estimate of drug-likeness (QED) is 0.724. The van der Waals surface area contributed by atoms with Crippen LogP contribution in [0.15, 0.2) is 58.3 Å². The first kappa shape index (κ1) is 21.2. The minimum Gasteiger partial charge on any atom is -0.351 e. The first-order valence-electron chi connectivity index (χ1n) is 8.84. The molecule has 0 unspecified atom stereocenters. The molecule has 1 saturated heterocycles. The summed E-state index contributed by atoms with van der Waals surface area (Å²) >= 11 is 0. The number of hydrogen-bond acceptors (Lipinski definition) is 5. The second kappa shape index (κ2) is 8.11. The number of anilines is 1. The first-order chi connectivity index (χ1) is 13.6. The number of carbonyl (C=O) groups excluding carboxylic acids is 1. The highest BCUT2D eigenvalue weighted by atomic mass is 32.2. The minimum atomic E-state index is -3.78. The predicted octanol–water partition coefficient (Wildman–Crippen LogP) is 1.18. The van der Waals surface area contributed by atoms with Gasteiger partial charge in [0.15, 0.2) is 0 Å². The van der Waals surface area contributed by atoms with E-state index in [1.807, 2.05) is 6.92 Å². The maximum atomic E-state index is 12.8. The van der Waals surface area contributed by atoms with Crippen molar-refractivity contribution in [3.05, 3.63) is 54.1 Å². The second-order valence-corrected chi connectivity index (χ2v) is 10.5. The lowest BCUT2D eigenvalue weighted by Gasteiger charge is -2.33. The number of aryl methyl sites for hydroxylation is 1. The van der Waals surface area contributed by atoms with Crippen molar-refractivity contribution in [2.24, 2.45) is 5.73 Å². The van der Waals surface area contributed by atoms with Crippen molar-refractivity contribution >= 4 is 31.8 Å². The van der Waals surface area contributed by atoms with Crippen molar-refractivity contribution in [2.45, 2.75) is 16.7 Å². The summed E-state index contributed by atoms with van der Waals surface area (Å²) in [4.78, 5) is 11.1. The third kappa shape index (κ3) is 4.58. The summed E-state index contributed by atoms with van der Waals surface area (Å²) in [5.74, 6) is 0. The number of nitrogens with one attached hydrogen (secondary N) is 1. The van der Waals surface area contributed by atoms with Gasteiger partial charge < -0.3 is 11.1 Å². The summed E-state index contributed by atoms with van der Waals surface area (Å²) in [5, 5.41) is 2.36. The van der Waals surface area contributed by atoms with E-state index >= 15 is 0 Å². The van der Waals surface area contributed by atoms with Crippen molar-refractivity contribution in [1.82, 2.24) is 8.61 Å². The van der Waals surface area contributed by atoms with Crippen LogP contribution in [0.5, 0.6) is 0 Å². The number of primary amides is 1. The van der Waals surface area contributed by atoms with E-state index in [1.165, 1.54) is 32.9 Å². The van der Waals surface area contributed by atoms with Crippen LogP contribution in [0, 0.1) is 6.92 Å². The maximum absolute atomic E-state index is 12.8. The Morgan fingerprint density at radius 2 is 1.17 bits per heavy atom. The van der Waals surface area contributed by atoms with E-state index in [9.17, 15) is 21.6 Å². The van der Waals surface area contributed by atoms with Crippen LogP contribution in [0.4, 0.5) is 10.5 Å². The van der Waals surface area contributed by atoms with E-state index in [0.717, 1.165) is 5.56 Å². The molecule has 1 fully saturated rings. The van der Waals surface area contributed by atoms with Crippen molar-refractivity contribution in [3.63, 3.8) is 0 Å². The van der Waals surface area contributed by atoms with Crippen molar-refractivity contribution in [2.75, 3.05) is 31.5 Å². The zero-order chi connectivity index (χ0) is 21.2. The molecule has 0 radical (unpaired) electrons. The van der Waals surface area contributed by atoms with E-state index < -0.39 is 26.1 Å². The second-order valence-electron chi connectivity index (χ2n) is 6.63. The van der Waals surface area contributed by atoms with E-state index in [1.54, 1.807) is 24.3 Å². The third-order valence-electron chi connectivity index (χ3n) is 4.62. The van der Waals surface area contributed by atoms with E-state index in [2.05, 4.69) is 5.32 Å². The molecular formula is C18H22N4O5S2. The predicted molar refractivity (Wildman–Crippen MR) is 108 cm³/mol. The number of nitrogens with two attached hydrogens (primary N) is 1. The molecule has 3 rings (SSSR count). The fraction of sp³-hybridized carbons (Fsp3) is 0.278. The molecule has 2 amide bonds. The molecular weight excluding hydrogens is 416 g/mol. The minimum absolute atomic E-state index is 0.0503. The number of urea groups is 1. The molecule has 1 aliphatic heterocycles. The van der Waals surface area contributed by atoms with Gasteiger partial charge >= 0.3 is 6.03 Å². The number of rotatable bonds is 5. The zero-order valence-electron chi connectivity index (χ0n) is 15.8. The van der Waals surface area contributed by atoms with Crippen LogP contribution in [0.1, 0.15) is 5.56 Å². The molecule has 2 aromatic carbocycles. The molecule has 0 spiro atoms. The van der Waals surface area contributed by atoms with Gasteiger partial charge in [-0.25, -0.2) is 21.6 Å². The summed E-state index contributed by atoms with van der Waals surface area (Å²) in [6, 6.07) is 11.4. The number of amides is 2. The van der Waals surface area contributed by atoms with Crippen molar-refractivity contribution in [1.29, 1.82) is 0 Å². The lowest BCUT2D eigenvalue weighted by molar-refractivity contribution is 0.259. The summed E-state index contributed by atoms with van der Waals surface area (Å²) < 4.78 is 53.7. The Morgan fingerprint density at radius 3 is 1.55 bits per heavy atom. The fourth-order valence-corrected chi connectivity index (χ4v) is 5.86. The molecule has 11 heteroatoms. The van der Waals surface area contributed by atoms with Gasteiger partial charge in [0.1, 0.15) is 0 Å². The maximum Gasteiger partial charge on any atom is 0.316 e. The van der Waals surface area contributed by atoms with Crippen LogP contribution in [0.25, 0.3) is 0 Å². The lowest BCUT2D eigenvalue weighted by atomic mass is 10.2. The number of sulfonamides is 2. The van der Waals surface area contributed by atoms with Gasteiger partial charge in [-0.3, -0.25) is 0 Å². The molecule has 3 N–H and O–H groups in total. The van der Waals surface area contributed by atoms with Crippen LogP contribution in [0.2, 0.25) is 0 Å². The number of hydrogen-bond donors (Lipinski definition) is 2.